The van der Waals surface area contributed by atoms with Crippen LogP contribution in [-0.4, -0.2) is 25.1 Å². The SMILES string of the molecule is CCNc1ccncc1S(=O)(=O)Nc1onc(C)c1C. The molecular formula is C12H16N4O3S. The number of anilines is 2. The standard InChI is InChI=1S/C12H16N4O3S/c1-4-14-10-5-6-13-7-11(10)20(17,18)16-12-8(2)9(3)15-19-12/h5-7,16H,4H2,1-3H3,(H,13,14). The lowest BCUT2D eigenvalue weighted by Gasteiger charge is -2.11. The fraction of sp³-hybridized carbons (Fsp3) is 0.333. The topological polar surface area (TPSA) is 97.1 Å². The Labute approximate surface area is 117 Å². The molecule has 2 rings (SSSR count). The van der Waals surface area contributed by atoms with E-state index in [2.05, 4.69) is 20.2 Å². The van der Waals surface area contributed by atoms with Gasteiger partial charge in [-0.1, -0.05) is 5.16 Å². The molecule has 8 heteroatoms. The highest BCUT2D eigenvalue weighted by molar-refractivity contribution is 7.92. The van der Waals surface area contributed by atoms with E-state index in [0.29, 0.717) is 23.5 Å². The van der Waals surface area contributed by atoms with Crippen LogP contribution in [0, 0.1) is 13.8 Å². The Morgan fingerprint density at radius 2 is 2.10 bits per heavy atom. The monoisotopic (exact) mass is 296 g/mol. The van der Waals surface area contributed by atoms with Gasteiger partial charge in [0.15, 0.2) is 0 Å². The number of hydrogen-bond donors (Lipinski definition) is 2. The first-order valence-electron chi connectivity index (χ1n) is 6.09. The fourth-order valence-corrected chi connectivity index (χ4v) is 2.79. The maximum Gasteiger partial charge on any atom is 0.267 e. The number of nitrogens with one attached hydrogen (secondary N) is 2. The molecule has 7 nitrogen and oxygen atoms in total. The summed E-state index contributed by atoms with van der Waals surface area (Å²) in [6.45, 7) is 5.96. The Bertz CT molecular complexity index is 709. The van der Waals surface area contributed by atoms with Gasteiger partial charge in [0, 0.05) is 24.5 Å². The summed E-state index contributed by atoms with van der Waals surface area (Å²) < 4.78 is 32.1. The summed E-state index contributed by atoms with van der Waals surface area (Å²) in [6.07, 6.45) is 2.82. The molecule has 2 N–H and O–H groups in total. The minimum Gasteiger partial charge on any atom is -0.384 e. The summed E-state index contributed by atoms with van der Waals surface area (Å²) in [7, 11) is -3.78. The zero-order valence-corrected chi connectivity index (χ0v) is 12.3. The van der Waals surface area contributed by atoms with E-state index in [-0.39, 0.29) is 10.8 Å². The Hall–Kier alpha value is -2.09. The fourth-order valence-electron chi connectivity index (χ4n) is 1.62. The van der Waals surface area contributed by atoms with Crippen molar-refractivity contribution in [1.82, 2.24) is 10.1 Å². The Morgan fingerprint density at radius 3 is 2.70 bits per heavy atom. The van der Waals surface area contributed by atoms with E-state index < -0.39 is 10.0 Å². The number of rotatable bonds is 5. The molecule has 0 amide bonds. The number of sulfonamides is 1. The van der Waals surface area contributed by atoms with Gasteiger partial charge in [-0.25, -0.2) is 13.1 Å². The molecule has 0 saturated carbocycles. The van der Waals surface area contributed by atoms with Crippen LogP contribution >= 0.6 is 0 Å². The predicted octanol–water partition coefficient (Wildman–Crippen LogP) is 1.92. The predicted molar refractivity (Wildman–Crippen MR) is 75.2 cm³/mol. The molecule has 0 aliphatic rings. The van der Waals surface area contributed by atoms with Crippen molar-refractivity contribution in [2.45, 2.75) is 25.7 Å². The summed E-state index contributed by atoms with van der Waals surface area (Å²) in [5.74, 6) is 0.119. The van der Waals surface area contributed by atoms with Crippen LogP contribution in [0.4, 0.5) is 11.6 Å². The van der Waals surface area contributed by atoms with Gasteiger partial charge in [0.05, 0.1) is 11.4 Å². The highest BCUT2D eigenvalue weighted by Gasteiger charge is 2.22. The second-order valence-electron chi connectivity index (χ2n) is 4.23. The third kappa shape index (κ3) is 2.74. The smallest absolute Gasteiger partial charge is 0.267 e. The van der Waals surface area contributed by atoms with Crippen LogP contribution in [0.25, 0.3) is 0 Å². The van der Waals surface area contributed by atoms with Gasteiger partial charge < -0.3 is 9.84 Å². The Kier molecular flexibility index (Phi) is 3.93. The first kappa shape index (κ1) is 14.3. The Morgan fingerprint density at radius 1 is 1.35 bits per heavy atom. The van der Waals surface area contributed by atoms with Crippen LogP contribution < -0.4 is 10.0 Å². The van der Waals surface area contributed by atoms with Crippen molar-refractivity contribution in [3.63, 3.8) is 0 Å². The van der Waals surface area contributed by atoms with Crippen LogP contribution in [0.5, 0.6) is 0 Å². The molecular weight excluding hydrogens is 280 g/mol. The van der Waals surface area contributed by atoms with E-state index in [1.54, 1.807) is 19.9 Å². The van der Waals surface area contributed by atoms with Crippen molar-refractivity contribution >= 4 is 21.6 Å². The molecule has 108 valence electrons. The number of aromatic nitrogens is 2. The van der Waals surface area contributed by atoms with Crippen LogP contribution in [0.15, 0.2) is 27.9 Å². The van der Waals surface area contributed by atoms with E-state index in [4.69, 9.17) is 4.52 Å². The average Bonchev–Trinajstić information content (AvgIpc) is 2.71. The summed E-state index contributed by atoms with van der Waals surface area (Å²) >= 11 is 0. The van der Waals surface area contributed by atoms with Crippen molar-refractivity contribution in [2.24, 2.45) is 0 Å². The van der Waals surface area contributed by atoms with E-state index >= 15 is 0 Å². The lowest BCUT2D eigenvalue weighted by molar-refractivity contribution is 0.430. The summed E-state index contributed by atoms with van der Waals surface area (Å²) in [5, 5.41) is 6.70. The highest BCUT2D eigenvalue weighted by atomic mass is 32.2. The maximum absolute atomic E-state index is 12.4. The largest absolute Gasteiger partial charge is 0.384 e. The molecule has 0 atom stereocenters. The van der Waals surface area contributed by atoms with Gasteiger partial charge in [0.2, 0.25) is 5.88 Å². The molecule has 20 heavy (non-hydrogen) atoms. The maximum atomic E-state index is 12.4. The Balaban J connectivity index is 2.38. The van der Waals surface area contributed by atoms with Gasteiger partial charge in [0.25, 0.3) is 10.0 Å². The first-order chi connectivity index (χ1) is 9.45. The molecule has 0 bridgehead atoms. The molecule has 0 aliphatic carbocycles. The molecule has 2 heterocycles. The first-order valence-corrected chi connectivity index (χ1v) is 7.57. The zero-order chi connectivity index (χ0) is 14.8. The quantitative estimate of drug-likeness (QED) is 0.875. The molecule has 0 aliphatic heterocycles. The molecule has 0 fully saturated rings. The van der Waals surface area contributed by atoms with E-state index in [1.807, 2.05) is 6.92 Å². The molecule has 0 saturated heterocycles. The van der Waals surface area contributed by atoms with Crippen LogP contribution in [0.3, 0.4) is 0 Å². The minimum absolute atomic E-state index is 0.0651. The number of hydrogen-bond acceptors (Lipinski definition) is 6. The molecule has 0 radical (unpaired) electrons. The van der Waals surface area contributed by atoms with Gasteiger partial charge in [-0.3, -0.25) is 4.98 Å². The van der Waals surface area contributed by atoms with E-state index in [1.165, 1.54) is 12.4 Å². The highest BCUT2D eigenvalue weighted by Crippen LogP contribution is 2.25. The second-order valence-corrected chi connectivity index (χ2v) is 5.88. The van der Waals surface area contributed by atoms with Crippen LogP contribution in [-0.2, 0) is 10.0 Å². The van der Waals surface area contributed by atoms with Gasteiger partial charge in [-0.2, -0.15) is 0 Å². The molecule has 2 aromatic rings. The summed E-state index contributed by atoms with van der Waals surface area (Å²) in [6, 6.07) is 1.61. The number of aryl methyl sites for hydroxylation is 1. The van der Waals surface area contributed by atoms with E-state index in [9.17, 15) is 8.42 Å². The van der Waals surface area contributed by atoms with Crippen LogP contribution in [0.1, 0.15) is 18.2 Å². The average molecular weight is 296 g/mol. The van der Waals surface area contributed by atoms with Crippen molar-refractivity contribution in [1.29, 1.82) is 0 Å². The van der Waals surface area contributed by atoms with Gasteiger partial charge >= 0.3 is 0 Å². The number of nitrogens with zero attached hydrogens (tertiary/aromatic N) is 2. The van der Waals surface area contributed by atoms with Gasteiger partial charge in [0.1, 0.15) is 4.90 Å². The number of pyridine rings is 1. The zero-order valence-electron chi connectivity index (χ0n) is 11.5. The van der Waals surface area contributed by atoms with Gasteiger partial charge in [-0.15, -0.1) is 0 Å². The summed E-state index contributed by atoms with van der Waals surface area (Å²) in [5.41, 5.74) is 1.78. The lowest BCUT2D eigenvalue weighted by atomic mass is 10.3. The van der Waals surface area contributed by atoms with E-state index in [0.717, 1.165) is 0 Å². The van der Waals surface area contributed by atoms with Crippen molar-refractivity contribution < 1.29 is 12.9 Å². The third-order valence-electron chi connectivity index (χ3n) is 2.83. The normalized spacial score (nSPS) is 11.3. The summed E-state index contributed by atoms with van der Waals surface area (Å²) in [4.78, 5) is 3.92. The van der Waals surface area contributed by atoms with Crippen LogP contribution in [0.2, 0.25) is 0 Å². The van der Waals surface area contributed by atoms with Crippen molar-refractivity contribution in [3.8, 4) is 0 Å². The molecule has 0 unspecified atom stereocenters. The molecule has 0 aromatic carbocycles. The second kappa shape index (κ2) is 5.49. The molecule has 0 spiro atoms. The third-order valence-corrected chi connectivity index (χ3v) is 4.18. The van der Waals surface area contributed by atoms with Crippen molar-refractivity contribution in [3.05, 3.63) is 29.7 Å². The van der Waals surface area contributed by atoms with Crippen molar-refractivity contribution in [2.75, 3.05) is 16.6 Å². The molecule has 2 aromatic heterocycles. The lowest BCUT2D eigenvalue weighted by Crippen LogP contribution is -2.16. The van der Waals surface area contributed by atoms with Gasteiger partial charge in [-0.05, 0) is 26.8 Å². The minimum atomic E-state index is -3.78.